The van der Waals surface area contributed by atoms with E-state index in [1.54, 1.807) is 0 Å². The molecule has 16 heavy (non-hydrogen) atoms. The quantitative estimate of drug-likeness (QED) is 0.586. The molecule has 0 aliphatic carbocycles. The van der Waals surface area contributed by atoms with Gasteiger partial charge in [-0.1, -0.05) is 0 Å². The molecule has 0 fully saturated rings. The molecule has 1 heterocycles. The predicted molar refractivity (Wildman–Crippen MR) is 38.9 cm³/mol. The smallest absolute Gasteiger partial charge is 0.543 e. The molecule has 0 aliphatic heterocycles. The van der Waals surface area contributed by atoms with Crippen molar-refractivity contribution < 1.29 is 79.6 Å². The van der Waals surface area contributed by atoms with Gasteiger partial charge in [0.15, 0.2) is 0 Å². The van der Waals surface area contributed by atoms with Crippen LogP contribution >= 0.6 is 0 Å². The second-order valence-electron chi connectivity index (χ2n) is 2.76. The molecule has 0 aliphatic rings. The Kier molecular flexibility index (Phi) is 5.97. The normalized spacial score (nSPS) is 10.9. The maximum absolute atomic E-state index is 11.8. The van der Waals surface area contributed by atoms with Crippen LogP contribution in [0, 0.1) is 0 Å². The van der Waals surface area contributed by atoms with E-state index >= 15 is 0 Å². The van der Waals surface area contributed by atoms with Gasteiger partial charge >= 0.3 is 57.6 Å². The summed E-state index contributed by atoms with van der Waals surface area (Å²) in [5.74, 6) is -2.30. The molecule has 84 valence electrons. The number of carbonyl (C=O) groups is 1. The minimum Gasteiger partial charge on any atom is -0.543 e. The molecule has 5 nitrogen and oxygen atoms in total. The molecule has 1 rings (SSSR count). The minimum absolute atomic E-state index is 0. The molecule has 1 aromatic rings. The van der Waals surface area contributed by atoms with Crippen LogP contribution in [0.15, 0.2) is 6.07 Å². The summed E-state index contributed by atoms with van der Waals surface area (Å²) < 4.78 is 35.9. The van der Waals surface area contributed by atoms with Crippen LogP contribution < -0.4 is 56.5 Å². The minimum atomic E-state index is -4.39. The first-order valence-electron chi connectivity index (χ1n) is 3.84. The second-order valence-corrected chi connectivity index (χ2v) is 2.76. The van der Waals surface area contributed by atoms with Crippen molar-refractivity contribution >= 4 is 5.97 Å². The van der Waals surface area contributed by atoms with Crippen LogP contribution in [-0.4, -0.2) is 27.0 Å². The fourth-order valence-corrected chi connectivity index (χ4v) is 0.904. The Labute approximate surface area is 131 Å². The van der Waals surface area contributed by atoms with Gasteiger partial charge in [0, 0.05) is 6.07 Å². The number of aryl methyl sites for hydroxylation is 1. The summed E-state index contributed by atoms with van der Waals surface area (Å²) in [6.07, 6.45) is -5.59. The van der Waals surface area contributed by atoms with Gasteiger partial charge in [0.2, 0.25) is 5.88 Å². The number of aromatic nitrogens is 2. The van der Waals surface area contributed by atoms with Crippen molar-refractivity contribution in [2.24, 2.45) is 0 Å². The molecule has 0 saturated heterocycles. The Morgan fingerprint density at radius 2 is 2.12 bits per heavy atom. The third-order valence-corrected chi connectivity index (χ3v) is 1.57. The molecular formula is C7H6F3KN2O3. The molecule has 0 radical (unpaired) electrons. The van der Waals surface area contributed by atoms with E-state index in [9.17, 15) is 23.1 Å². The number of aromatic hydroxyl groups is 1. The maximum atomic E-state index is 11.8. The number of carboxylic acids is 1. The third-order valence-electron chi connectivity index (χ3n) is 1.57. The van der Waals surface area contributed by atoms with Crippen molar-refractivity contribution in [1.82, 2.24) is 9.78 Å². The van der Waals surface area contributed by atoms with E-state index in [0.717, 1.165) is 6.07 Å². The summed E-state index contributed by atoms with van der Waals surface area (Å²) >= 11 is 0. The van der Waals surface area contributed by atoms with Crippen molar-refractivity contribution in [3.8, 4) is 5.88 Å². The van der Waals surface area contributed by atoms with Gasteiger partial charge in [-0.15, -0.1) is 0 Å². The molecular weight excluding hydrogens is 256 g/mol. The molecule has 0 bridgehead atoms. The number of carboxylic acid groups (broad SMARTS) is 1. The Morgan fingerprint density at radius 1 is 1.56 bits per heavy atom. The Balaban J connectivity index is 0.00000225. The van der Waals surface area contributed by atoms with Crippen molar-refractivity contribution in [3.63, 3.8) is 0 Å². The van der Waals surface area contributed by atoms with Crippen LogP contribution in [0.4, 0.5) is 13.2 Å². The van der Waals surface area contributed by atoms with Crippen LogP contribution in [0.2, 0.25) is 0 Å². The van der Waals surface area contributed by atoms with Crippen LogP contribution in [0.3, 0.4) is 0 Å². The summed E-state index contributed by atoms with van der Waals surface area (Å²) in [7, 11) is 0. The van der Waals surface area contributed by atoms with Gasteiger partial charge in [-0.05, 0) is 0 Å². The van der Waals surface area contributed by atoms with Gasteiger partial charge in [-0.3, -0.25) is 0 Å². The van der Waals surface area contributed by atoms with Gasteiger partial charge in [0.05, 0.1) is 18.9 Å². The van der Waals surface area contributed by atoms with E-state index in [-0.39, 0.29) is 51.4 Å². The maximum Gasteiger partial charge on any atom is 1.00 e. The average molecular weight is 262 g/mol. The van der Waals surface area contributed by atoms with E-state index in [4.69, 9.17) is 5.11 Å². The monoisotopic (exact) mass is 262 g/mol. The SMILES string of the molecule is O=C([O-])c1cc(O)n(CCC(F)(F)F)n1.[K+]. The zero-order chi connectivity index (χ0) is 11.6. The van der Waals surface area contributed by atoms with Crippen LogP contribution in [0.5, 0.6) is 5.88 Å². The van der Waals surface area contributed by atoms with Crippen molar-refractivity contribution in [1.29, 1.82) is 0 Å². The van der Waals surface area contributed by atoms with Crippen LogP contribution in [0.25, 0.3) is 0 Å². The number of nitrogens with zero attached hydrogens (tertiary/aromatic N) is 2. The Morgan fingerprint density at radius 3 is 2.50 bits per heavy atom. The largest absolute Gasteiger partial charge is 1.00 e. The van der Waals surface area contributed by atoms with Crippen molar-refractivity contribution in [2.75, 3.05) is 0 Å². The topological polar surface area (TPSA) is 78.2 Å². The van der Waals surface area contributed by atoms with Crippen LogP contribution in [-0.2, 0) is 6.54 Å². The summed E-state index contributed by atoms with van der Waals surface area (Å²) in [4.78, 5) is 10.2. The fourth-order valence-electron chi connectivity index (χ4n) is 0.904. The molecule has 0 spiro atoms. The molecule has 0 amide bonds. The number of hydrogen-bond donors (Lipinski definition) is 1. The molecule has 9 heteroatoms. The molecule has 0 atom stereocenters. The van der Waals surface area contributed by atoms with Gasteiger partial charge < -0.3 is 15.0 Å². The number of rotatable bonds is 3. The molecule has 0 saturated carbocycles. The average Bonchev–Trinajstić information content (AvgIpc) is 2.42. The number of hydrogen-bond acceptors (Lipinski definition) is 4. The van der Waals surface area contributed by atoms with E-state index in [0.29, 0.717) is 4.68 Å². The standard InChI is InChI=1S/C7H7F3N2O3.K/c8-7(9,10)1-2-12-5(13)3-4(11-12)6(14)15;/h3,13H,1-2H2,(H,14,15);/q;+1/p-1. The van der Waals surface area contributed by atoms with Gasteiger partial charge in [-0.2, -0.15) is 18.3 Å². The number of alkyl halides is 3. The van der Waals surface area contributed by atoms with E-state index < -0.39 is 36.7 Å². The molecule has 1 N–H and O–H groups in total. The zero-order valence-electron chi connectivity index (χ0n) is 8.28. The van der Waals surface area contributed by atoms with Gasteiger partial charge in [0.1, 0.15) is 5.69 Å². The summed E-state index contributed by atoms with van der Waals surface area (Å²) in [6.45, 7) is -0.636. The van der Waals surface area contributed by atoms with Crippen molar-refractivity contribution in [2.45, 2.75) is 19.1 Å². The van der Waals surface area contributed by atoms with Crippen LogP contribution in [0.1, 0.15) is 16.9 Å². The first-order valence-corrected chi connectivity index (χ1v) is 3.84. The first-order chi connectivity index (χ1) is 6.79. The zero-order valence-corrected chi connectivity index (χ0v) is 11.4. The Bertz CT molecular complexity index is 377. The third kappa shape index (κ3) is 4.83. The summed E-state index contributed by atoms with van der Waals surface area (Å²) in [6, 6.07) is 0.728. The number of carbonyl (C=O) groups excluding carboxylic acids is 1. The second kappa shape index (κ2) is 6.01. The number of aromatic carboxylic acids is 1. The summed E-state index contributed by atoms with van der Waals surface area (Å²) in [5.41, 5.74) is -0.602. The predicted octanol–water partition coefficient (Wildman–Crippen LogP) is -3.09. The van der Waals surface area contributed by atoms with E-state index in [1.165, 1.54) is 0 Å². The number of halogens is 3. The van der Waals surface area contributed by atoms with Crippen molar-refractivity contribution in [3.05, 3.63) is 11.8 Å². The fraction of sp³-hybridized carbons (Fsp3) is 0.429. The first kappa shape index (κ1) is 15.9. The Hall–Kier alpha value is -0.0936. The molecule has 1 aromatic heterocycles. The molecule has 0 unspecified atom stereocenters. The van der Waals surface area contributed by atoms with Gasteiger partial charge in [0.25, 0.3) is 0 Å². The van der Waals surface area contributed by atoms with Gasteiger partial charge in [-0.25, -0.2) is 4.68 Å². The van der Waals surface area contributed by atoms with E-state index in [2.05, 4.69) is 5.10 Å². The van der Waals surface area contributed by atoms with E-state index in [1.807, 2.05) is 0 Å². The summed E-state index contributed by atoms with van der Waals surface area (Å²) in [5, 5.41) is 22.5. The molecule has 0 aromatic carbocycles.